The summed E-state index contributed by atoms with van der Waals surface area (Å²) in [7, 11) is 0. The lowest BCUT2D eigenvalue weighted by atomic mass is 9.52. The quantitative estimate of drug-likeness (QED) is 0.374. The largest absolute Gasteiger partial charge is 0.508 e. The Morgan fingerprint density at radius 3 is 2.31 bits per heavy atom. The number of hydrogen-bond donors (Lipinski definition) is 5. The summed E-state index contributed by atoms with van der Waals surface area (Å²) in [5, 5.41) is 42.6. The van der Waals surface area contributed by atoms with Crippen LogP contribution in [0.2, 0.25) is 0 Å². The van der Waals surface area contributed by atoms with E-state index < -0.39 is 24.1 Å². The highest BCUT2D eigenvalue weighted by Gasteiger charge is 2.53. The van der Waals surface area contributed by atoms with E-state index in [1.807, 2.05) is 6.07 Å². The van der Waals surface area contributed by atoms with E-state index in [1.54, 1.807) is 0 Å². The minimum Gasteiger partial charge on any atom is -0.508 e. The van der Waals surface area contributed by atoms with Crippen LogP contribution in [0.3, 0.4) is 0 Å². The van der Waals surface area contributed by atoms with Gasteiger partial charge in [0.05, 0.1) is 0 Å². The summed E-state index contributed by atoms with van der Waals surface area (Å²) in [5.41, 5.74) is 3.39. The number of nitrogens with zero attached hydrogens (tertiary/aromatic N) is 1. The first-order valence-electron chi connectivity index (χ1n) is 13.0. The van der Waals surface area contributed by atoms with Gasteiger partial charge in [-0.25, -0.2) is 9.59 Å². The Kier molecular flexibility index (Phi) is 9.18. The summed E-state index contributed by atoms with van der Waals surface area (Å²) in [6, 6.07) is 6.97. The lowest BCUT2D eigenvalue weighted by molar-refractivity contribution is -0.165. The van der Waals surface area contributed by atoms with Crippen molar-refractivity contribution in [3.8, 4) is 5.75 Å². The lowest BCUT2D eigenvalue weighted by Crippen LogP contribution is -2.61. The smallest absolute Gasteiger partial charge is 0.335 e. The molecule has 35 heavy (non-hydrogen) atoms. The SMILES string of the molecule is CCC(CC)CCN1CC[C@]23CCCC[C@H]2[C@H]1Cc1ccc(O)cc13.O=C(O)[C@H](O)[C@@H](O)C(=O)O. The summed E-state index contributed by atoms with van der Waals surface area (Å²) in [6.07, 6.45) is 7.48. The van der Waals surface area contributed by atoms with E-state index in [0.717, 1.165) is 17.9 Å². The fourth-order valence-electron chi connectivity index (χ4n) is 6.67. The van der Waals surface area contributed by atoms with E-state index >= 15 is 0 Å². The van der Waals surface area contributed by atoms with Crippen molar-refractivity contribution in [3.63, 3.8) is 0 Å². The number of aromatic hydroxyl groups is 1. The van der Waals surface area contributed by atoms with Crippen molar-refractivity contribution in [2.75, 3.05) is 13.1 Å². The van der Waals surface area contributed by atoms with Crippen molar-refractivity contribution >= 4 is 11.9 Å². The summed E-state index contributed by atoms with van der Waals surface area (Å²) in [6.45, 7) is 7.24. The molecular weight excluding hydrogens is 450 g/mol. The fraction of sp³-hybridized carbons (Fsp3) is 0.704. The maximum Gasteiger partial charge on any atom is 0.335 e. The molecule has 1 aromatic rings. The Morgan fingerprint density at radius 2 is 1.71 bits per heavy atom. The van der Waals surface area contributed by atoms with Crippen LogP contribution >= 0.6 is 0 Å². The molecule has 1 saturated heterocycles. The summed E-state index contributed by atoms with van der Waals surface area (Å²) in [4.78, 5) is 22.4. The molecule has 8 nitrogen and oxygen atoms in total. The molecule has 2 fully saturated rings. The molecule has 0 unspecified atom stereocenters. The second-order valence-corrected chi connectivity index (χ2v) is 10.4. The molecule has 5 atom stereocenters. The van der Waals surface area contributed by atoms with Crippen LogP contribution in [0.5, 0.6) is 5.75 Å². The standard InChI is InChI=1S/C23H35NO.C4H6O6/c1-3-17(4-2)10-13-24-14-12-23-11-6-5-7-20(23)22(24)15-18-8-9-19(25)16-21(18)23;5-1(3(7)8)2(6)4(9)10/h8-9,16-17,20,22,25H,3-7,10-15H2,1-2H3;1-2,5-6H,(H,7,8)(H,9,10)/t20-,22+,23+;1-,2-/m01/s1. The van der Waals surface area contributed by atoms with Gasteiger partial charge in [-0.3, -0.25) is 4.90 Å². The number of fused-ring (bicyclic) bond motifs is 1. The summed E-state index contributed by atoms with van der Waals surface area (Å²) in [5.74, 6) is -1.37. The maximum atomic E-state index is 10.1. The van der Waals surface area contributed by atoms with Crippen molar-refractivity contribution in [3.05, 3.63) is 29.3 Å². The highest BCUT2D eigenvalue weighted by molar-refractivity contribution is 5.83. The average molecular weight is 492 g/mol. The summed E-state index contributed by atoms with van der Waals surface area (Å²) >= 11 is 0. The lowest BCUT2D eigenvalue weighted by Gasteiger charge is -2.59. The number of piperidine rings is 1. The van der Waals surface area contributed by atoms with E-state index in [-0.39, 0.29) is 0 Å². The second kappa shape index (κ2) is 11.7. The Hall–Kier alpha value is -2.16. The third-order valence-electron chi connectivity index (χ3n) is 8.72. The van der Waals surface area contributed by atoms with Gasteiger partial charge in [0.15, 0.2) is 12.2 Å². The molecule has 196 valence electrons. The van der Waals surface area contributed by atoms with E-state index in [9.17, 15) is 14.7 Å². The first-order valence-corrected chi connectivity index (χ1v) is 13.0. The minimum absolute atomic E-state index is 0.362. The zero-order chi connectivity index (χ0) is 25.8. The highest BCUT2D eigenvalue weighted by Crippen LogP contribution is 2.56. The molecule has 0 radical (unpaired) electrons. The zero-order valence-electron chi connectivity index (χ0n) is 20.9. The number of rotatable bonds is 8. The van der Waals surface area contributed by atoms with Crippen molar-refractivity contribution in [2.45, 2.75) is 95.3 Å². The number of aliphatic hydroxyl groups excluding tert-OH is 2. The zero-order valence-corrected chi connectivity index (χ0v) is 20.9. The Labute approximate surface area is 207 Å². The van der Waals surface area contributed by atoms with Crippen LogP contribution in [-0.4, -0.2) is 73.7 Å². The minimum atomic E-state index is -2.27. The first-order chi connectivity index (χ1) is 16.6. The van der Waals surface area contributed by atoms with Crippen molar-refractivity contribution in [2.24, 2.45) is 11.8 Å². The molecule has 1 aromatic carbocycles. The number of carbonyl (C=O) groups is 2. The van der Waals surface area contributed by atoms with E-state index in [1.165, 1.54) is 82.0 Å². The Balaban J connectivity index is 0.000000292. The Bertz CT molecular complexity index is 868. The number of benzene rings is 1. The van der Waals surface area contributed by atoms with Crippen molar-refractivity contribution in [1.29, 1.82) is 0 Å². The normalized spacial score (nSPS) is 27.1. The van der Waals surface area contributed by atoms with Crippen LogP contribution in [0.4, 0.5) is 0 Å². The number of aliphatic carboxylic acids is 2. The predicted octanol–water partition coefficient (Wildman–Crippen LogP) is 3.15. The van der Waals surface area contributed by atoms with Crippen LogP contribution in [0.15, 0.2) is 18.2 Å². The van der Waals surface area contributed by atoms with Gasteiger partial charge >= 0.3 is 11.9 Å². The van der Waals surface area contributed by atoms with E-state index in [2.05, 4.69) is 30.9 Å². The van der Waals surface area contributed by atoms with Gasteiger partial charge in [0.2, 0.25) is 0 Å². The van der Waals surface area contributed by atoms with Crippen LogP contribution in [0.25, 0.3) is 0 Å². The molecule has 2 bridgehead atoms. The fourth-order valence-corrected chi connectivity index (χ4v) is 6.67. The number of hydrogen-bond acceptors (Lipinski definition) is 6. The van der Waals surface area contributed by atoms with Gasteiger partial charge in [-0.2, -0.15) is 0 Å². The van der Waals surface area contributed by atoms with Gasteiger partial charge in [-0.15, -0.1) is 0 Å². The molecule has 5 N–H and O–H groups in total. The van der Waals surface area contributed by atoms with Crippen LogP contribution in [-0.2, 0) is 21.4 Å². The molecule has 1 heterocycles. The first kappa shape index (κ1) is 27.4. The molecule has 1 saturated carbocycles. The predicted molar refractivity (Wildman–Crippen MR) is 131 cm³/mol. The molecule has 2 aliphatic carbocycles. The van der Waals surface area contributed by atoms with Crippen LogP contribution in [0, 0.1) is 11.8 Å². The Morgan fingerprint density at radius 1 is 1.06 bits per heavy atom. The molecule has 8 heteroatoms. The average Bonchev–Trinajstić information content (AvgIpc) is 2.85. The van der Waals surface area contributed by atoms with Gasteiger partial charge in [-0.1, -0.05) is 45.6 Å². The monoisotopic (exact) mass is 491 g/mol. The molecule has 3 aliphatic rings. The number of carboxylic acids is 2. The third kappa shape index (κ3) is 5.81. The molecule has 1 aliphatic heterocycles. The molecule has 0 spiro atoms. The van der Waals surface area contributed by atoms with Gasteiger partial charge < -0.3 is 25.5 Å². The van der Waals surface area contributed by atoms with Crippen molar-refractivity contribution < 1.29 is 35.1 Å². The number of aliphatic hydroxyl groups is 2. The van der Waals surface area contributed by atoms with Crippen LogP contribution < -0.4 is 0 Å². The van der Waals surface area contributed by atoms with Crippen molar-refractivity contribution in [1.82, 2.24) is 4.90 Å². The number of carboxylic acid groups (broad SMARTS) is 2. The molecule has 4 rings (SSSR count). The molecule has 0 amide bonds. The van der Waals surface area contributed by atoms with Gasteiger partial charge in [0.1, 0.15) is 5.75 Å². The topological polar surface area (TPSA) is 139 Å². The van der Waals surface area contributed by atoms with E-state index in [4.69, 9.17) is 20.4 Å². The number of likely N-dealkylation sites (tertiary alicyclic amines) is 1. The van der Waals surface area contributed by atoms with Gasteiger partial charge in [0.25, 0.3) is 0 Å². The number of phenolic OH excluding ortho intramolecular Hbond substituents is 1. The number of phenols is 1. The third-order valence-corrected chi connectivity index (χ3v) is 8.72. The summed E-state index contributed by atoms with van der Waals surface area (Å²) < 4.78 is 0. The van der Waals surface area contributed by atoms with Gasteiger partial charge in [0, 0.05) is 11.5 Å². The van der Waals surface area contributed by atoms with Crippen LogP contribution in [0.1, 0.15) is 76.3 Å². The van der Waals surface area contributed by atoms with Gasteiger partial charge in [-0.05, 0) is 80.3 Å². The molecular formula is C27H41NO7. The highest BCUT2D eigenvalue weighted by atomic mass is 16.4. The second-order valence-electron chi connectivity index (χ2n) is 10.4. The maximum absolute atomic E-state index is 10.1. The van der Waals surface area contributed by atoms with E-state index in [0.29, 0.717) is 11.2 Å². The molecule has 0 aromatic heterocycles.